The molecule has 284 valence electrons. The standard InChI is InChI=1S/C39H56O12/c1-5-21-46-33(40)27-9-15-30(16-10-27)36(43)49-24-39(8-4,25-50-37(44)31-17-11-28(12-18-31)34(41)47-22-6-2)26-51-38(45)32-19-13-29(14-20-32)35(42)48-23-7-3/h5-7,27-32H,1-3,8-26H2,4H3. The van der Waals surface area contributed by atoms with Crippen molar-refractivity contribution in [2.75, 3.05) is 39.6 Å². The van der Waals surface area contributed by atoms with Gasteiger partial charge in [-0.05, 0) is 83.5 Å². The van der Waals surface area contributed by atoms with Crippen molar-refractivity contribution in [2.45, 2.75) is 90.4 Å². The van der Waals surface area contributed by atoms with Crippen molar-refractivity contribution in [3.05, 3.63) is 38.0 Å². The molecule has 0 spiro atoms. The second-order valence-electron chi connectivity index (χ2n) is 14.1. The third kappa shape index (κ3) is 12.9. The van der Waals surface area contributed by atoms with Gasteiger partial charge in [-0.2, -0.15) is 0 Å². The summed E-state index contributed by atoms with van der Waals surface area (Å²) in [6, 6.07) is 0. The molecule has 0 amide bonds. The Balaban J connectivity index is 1.59. The molecule has 3 fully saturated rings. The van der Waals surface area contributed by atoms with Crippen LogP contribution >= 0.6 is 0 Å². The number of carbonyl (C=O) groups excluding carboxylic acids is 6. The third-order valence-electron chi connectivity index (χ3n) is 10.5. The fraction of sp³-hybridized carbons (Fsp3) is 0.692. The number of esters is 6. The molecule has 12 heteroatoms. The minimum atomic E-state index is -0.996. The number of rotatable bonds is 19. The van der Waals surface area contributed by atoms with Gasteiger partial charge in [-0.1, -0.05) is 44.9 Å². The van der Waals surface area contributed by atoms with Crippen molar-refractivity contribution in [1.29, 1.82) is 0 Å². The van der Waals surface area contributed by atoms with Crippen LogP contribution in [0, 0.1) is 40.9 Å². The zero-order chi connectivity index (χ0) is 37.2. The Morgan fingerprint density at radius 3 is 0.804 bits per heavy atom. The maximum Gasteiger partial charge on any atom is 0.309 e. The monoisotopic (exact) mass is 716 g/mol. The lowest BCUT2D eigenvalue weighted by molar-refractivity contribution is -0.170. The molecule has 3 aliphatic carbocycles. The van der Waals surface area contributed by atoms with Gasteiger partial charge in [0.1, 0.15) is 39.6 Å². The Morgan fingerprint density at radius 1 is 0.431 bits per heavy atom. The highest BCUT2D eigenvalue weighted by Crippen LogP contribution is 2.35. The van der Waals surface area contributed by atoms with E-state index in [0.29, 0.717) is 83.5 Å². The van der Waals surface area contributed by atoms with Crippen molar-refractivity contribution < 1.29 is 57.2 Å². The minimum Gasteiger partial charge on any atom is -0.465 e. The summed E-state index contributed by atoms with van der Waals surface area (Å²) in [5, 5.41) is 0. The SMILES string of the molecule is C=CCOC(=O)C1CCC(C(=O)OCC(CC)(COC(=O)C2CCC(C(=O)OCC=C)CC2)COC(=O)C2CCC(C(=O)OCC=C)CC2)CC1. The summed E-state index contributed by atoms with van der Waals surface area (Å²) in [6.07, 6.45) is 10.8. The molecule has 0 radical (unpaired) electrons. The van der Waals surface area contributed by atoms with Crippen molar-refractivity contribution in [3.8, 4) is 0 Å². The minimum absolute atomic E-state index is 0.131. The maximum absolute atomic E-state index is 13.2. The Bertz CT molecular complexity index is 1070. The predicted molar refractivity (Wildman–Crippen MR) is 185 cm³/mol. The van der Waals surface area contributed by atoms with Crippen molar-refractivity contribution in [1.82, 2.24) is 0 Å². The van der Waals surface area contributed by atoms with Crippen molar-refractivity contribution in [3.63, 3.8) is 0 Å². The quantitative estimate of drug-likeness (QED) is 0.0925. The lowest BCUT2D eigenvalue weighted by Gasteiger charge is -2.34. The van der Waals surface area contributed by atoms with Gasteiger partial charge in [-0.3, -0.25) is 28.8 Å². The summed E-state index contributed by atoms with van der Waals surface area (Å²) in [5.74, 6) is -4.12. The average molecular weight is 717 g/mol. The maximum atomic E-state index is 13.2. The molecule has 3 aliphatic rings. The first-order valence-electron chi connectivity index (χ1n) is 18.4. The van der Waals surface area contributed by atoms with E-state index in [1.807, 2.05) is 6.92 Å². The zero-order valence-corrected chi connectivity index (χ0v) is 30.2. The largest absolute Gasteiger partial charge is 0.465 e. The molecule has 51 heavy (non-hydrogen) atoms. The molecular formula is C39H56O12. The van der Waals surface area contributed by atoms with Crippen LogP contribution in [-0.2, 0) is 57.2 Å². The smallest absolute Gasteiger partial charge is 0.309 e. The number of carbonyl (C=O) groups is 6. The van der Waals surface area contributed by atoms with Crippen LogP contribution in [0.25, 0.3) is 0 Å². The first-order valence-corrected chi connectivity index (χ1v) is 18.4. The van der Waals surface area contributed by atoms with Crippen LogP contribution in [0.3, 0.4) is 0 Å². The summed E-state index contributed by atoms with van der Waals surface area (Å²) >= 11 is 0. The van der Waals surface area contributed by atoms with E-state index >= 15 is 0 Å². The number of hydrogen-bond acceptors (Lipinski definition) is 12. The molecule has 0 unspecified atom stereocenters. The summed E-state index contributed by atoms with van der Waals surface area (Å²) in [5.41, 5.74) is -0.996. The Hall–Kier alpha value is -3.96. The van der Waals surface area contributed by atoms with E-state index in [1.54, 1.807) is 0 Å². The highest BCUT2D eigenvalue weighted by atomic mass is 16.6. The van der Waals surface area contributed by atoms with Crippen LogP contribution in [0.1, 0.15) is 90.4 Å². The molecule has 3 rings (SSSR count). The van der Waals surface area contributed by atoms with Crippen LogP contribution in [0.15, 0.2) is 38.0 Å². The van der Waals surface area contributed by atoms with Crippen LogP contribution in [0.2, 0.25) is 0 Å². The van der Waals surface area contributed by atoms with Gasteiger partial charge in [-0.25, -0.2) is 0 Å². The van der Waals surface area contributed by atoms with Gasteiger partial charge in [-0.15, -0.1) is 0 Å². The molecule has 0 heterocycles. The Kier molecular flexibility index (Phi) is 17.4. The van der Waals surface area contributed by atoms with E-state index in [1.165, 1.54) is 18.2 Å². The molecule has 0 N–H and O–H groups in total. The van der Waals surface area contributed by atoms with Crippen molar-refractivity contribution >= 4 is 35.8 Å². The van der Waals surface area contributed by atoms with Crippen LogP contribution in [0.5, 0.6) is 0 Å². The topological polar surface area (TPSA) is 158 Å². The second-order valence-corrected chi connectivity index (χ2v) is 14.1. The summed E-state index contributed by atoms with van der Waals surface area (Å²) in [6.45, 7) is 12.6. The first kappa shape index (κ1) is 41.5. The van der Waals surface area contributed by atoms with Crippen LogP contribution in [0.4, 0.5) is 0 Å². The van der Waals surface area contributed by atoms with E-state index in [2.05, 4.69) is 19.7 Å². The predicted octanol–water partition coefficient (Wildman–Crippen LogP) is 5.62. The summed E-state index contributed by atoms with van der Waals surface area (Å²) in [4.78, 5) is 76.5. The Labute approximate surface area is 301 Å². The average Bonchev–Trinajstić information content (AvgIpc) is 3.17. The molecular weight excluding hydrogens is 660 g/mol. The molecule has 0 aromatic carbocycles. The fourth-order valence-corrected chi connectivity index (χ4v) is 6.93. The number of ether oxygens (including phenoxy) is 6. The van der Waals surface area contributed by atoms with Gasteiger partial charge < -0.3 is 28.4 Å². The summed E-state index contributed by atoms with van der Waals surface area (Å²) < 4.78 is 33.0. The van der Waals surface area contributed by atoms with E-state index in [9.17, 15) is 28.8 Å². The van der Waals surface area contributed by atoms with Gasteiger partial charge in [0.25, 0.3) is 0 Å². The highest BCUT2D eigenvalue weighted by molar-refractivity contribution is 5.77. The van der Waals surface area contributed by atoms with E-state index in [0.717, 1.165) is 0 Å². The molecule has 3 saturated carbocycles. The third-order valence-corrected chi connectivity index (χ3v) is 10.5. The normalized spacial score (nSPS) is 25.8. The first-order chi connectivity index (χ1) is 24.6. The molecule has 0 aromatic rings. The van der Waals surface area contributed by atoms with Gasteiger partial charge in [0.15, 0.2) is 0 Å². The zero-order valence-electron chi connectivity index (χ0n) is 30.2. The van der Waals surface area contributed by atoms with Crippen LogP contribution in [-0.4, -0.2) is 75.5 Å². The summed E-state index contributed by atoms with van der Waals surface area (Å²) in [7, 11) is 0. The molecule has 12 nitrogen and oxygen atoms in total. The molecule has 0 atom stereocenters. The van der Waals surface area contributed by atoms with E-state index in [4.69, 9.17) is 28.4 Å². The fourth-order valence-electron chi connectivity index (χ4n) is 6.93. The highest BCUT2D eigenvalue weighted by Gasteiger charge is 2.40. The molecule has 0 saturated heterocycles. The van der Waals surface area contributed by atoms with Gasteiger partial charge in [0.2, 0.25) is 0 Å². The lowest BCUT2D eigenvalue weighted by atomic mass is 9.81. The molecule has 0 bridgehead atoms. The van der Waals surface area contributed by atoms with E-state index in [-0.39, 0.29) is 75.3 Å². The van der Waals surface area contributed by atoms with Gasteiger partial charge >= 0.3 is 35.8 Å². The second kappa shape index (κ2) is 21.4. The number of hydrogen-bond donors (Lipinski definition) is 0. The Morgan fingerprint density at radius 2 is 0.627 bits per heavy atom. The van der Waals surface area contributed by atoms with E-state index < -0.39 is 41.1 Å². The van der Waals surface area contributed by atoms with Crippen LogP contribution < -0.4 is 0 Å². The van der Waals surface area contributed by atoms with Crippen molar-refractivity contribution in [2.24, 2.45) is 40.9 Å². The molecule has 0 aliphatic heterocycles. The molecule has 0 aromatic heterocycles. The lowest BCUT2D eigenvalue weighted by Crippen LogP contribution is -2.41. The van der Waals surface area contributed by atoms with Gasteiger partial charge in [0.05, 0.1) is 40.9 Å². The van der Waals surface area contributed by atoms with Gasteiger partial charge in [0, 0.05) is 0 Å².